The maximum atomic E-state index is 5.64. The smallest absolute Gasteiger partial charge is 0.139 e. The molecule has 0 spiro atoms. The van der Waals surface area contributed by atoms with Gasteiger partial charge in [-0.3, -0.25) is 0 Å². The van der Waals surface area contributed by atoms with E-state index in [4.69, 9.17) is 4.74 Å². The summed E-state index contributed by atoms with van der Waals surface area (Å²) in [4.78, 5) is 0. The maximum absolute atomic E-state index is 5.64. The van der Waals surface area contributed by atoms with Crippen molar-refractivity contribution in [3.63, 3.8) is 0 Å². The van der Waals surface area contributed by atoms with Gasteiger partial charge in [0.2, 0.25) is 0 Å². The summed E-state index contributed by atoms with van der Waals surface area (Å²) in [7, 11) is 2.09. The van der Waals surface area contributed by atoms with Crippen molar-refractivity contribution in [2.24, 2.45) is 0 Å². The summed E-state index contributed by atoms with van der Waals surface area (Å²) in [5.74, 6) is 0.899. The lowest BCUT2D eigenvalue weighted by atomic mass is 9.91. The third kappa shape index (κ3) is 3.51. The molecule has 0 heterocycles. The first-order valence-corrected chi connectivity index (χ1v) is 6.59. The van der Waals surface area contributed by atoms with E-state index in [0.717, 1.165) is 22.4 Å². The number of hydrogen-bond acceptors (Lipinski definition) is 1. The largest absolute Gasteiger partial charge is 0.491 e. The summed E-state index contributed by atoms with van der Waals surface area (Å²) < 4.78 is 5.64. The van der Waals surface area contributed by atoms with E-state index in [9.17, 15) is 0 Å². The molecule has 0 aliphatic heterocycles. The van der Waals surface area contributed by atoms with Crippen LogP contribution in [0, 0.1) is 0 Å². The molecule has 0 fully saturated rings. The van der Waals surface area contributed by atoms with Crippen LogP contribution < -0.4 is 10.2 Å². The highest BCUT2D eigenvalue weighted by Gasteiger charge is 2.03. The molecular formula is C17H19BO. The van der Waals surface area contributed by atoms with E-state index < -0.39 is 0 Å². The Morgan fingerprint density at radius 1 is 1.05 bits per heavy atom. The molecule has 1 nitrogen and oxygen atoms in total. The fourth-order valence-electron chi connectivity index (χ4n) is 2.01. The van der Waals surface area contributed by atoms with E-state index in [0.29, 0.717) is 0 Å². The van der Waals surface area contributed by atoms with Crippen LogP contribution in [0.3, 0.4) is 0 Å². The molecule has 2 aromatic carbocycles. The minimum absolute atomic E-state index is 0.200. The van der Waals surface area contributed by atoms with Crippen molar-refractivity contribution in [1.82, 2.24) is 0 Å². The summed E-state index contributed by atoms with van der Waals surface area (Å²) in [6.45, 7) is 8.24. The van der Waals surface area contributed by atoms with Crippen LogP contribution in [-0.2, 0) is 0 Å². The maximum Gasteiger partial charge on any atom is 0.139 e. The zero-order valence-corrected chi connectivity index (χ0v) is 11.8. The first-order valence-electron chi connectivity index (χ1n) is 6.59. The van der Waals surface area contributed by atoms with Gasteiger partial charge in [-0.1, -0.05) is 48.4 Å². The second kappa shape index (κ2) is 5.79. The molecule has 0 saturated heterocycles. The van der Waals surface area contributed by atoms with Crippen LogP contribution in [0.4, 0.5) is 0 Å². The molecule has 0 atom stereocenters. The van der Waals surface area contributed by atoms with Crippen molar-refractivity contribution in [3.05, 3.63) is 66.2 Å². The molecule has 2 heteroatoms. The number of benzene rings is 2. The zero-order valence-electron chi connectivity index (χ0n) is 11.8. The standard InChI is InChI=1S/C17H19BO/c1-12(2)19-17-9-7-14(8-10-17)13(3)15-5-4-6-16(18)11-15/h4-12H,3,18H2,1-2H3. The molecule has 19 heavy (non-hydrogen) atoms. The topological polar surface area (TPSA) is 9.23 Å². The highest BCUT2D eigenvalue weighted by molar-refractivity contribution is 6.32. The van der Waals surface area contributed by atoms with Crippen molar-refractivity contribution >= 4 is 18.9 Å². The zero-order chi connectivity index (χ0) is 13.8. The summed E-state index contributed by atoms with van der Waals surface area (Å²) in [5.41, 5.74) is 4.58. The van der Waals surface area contributed by atoms with Crippen LogP contribution in [0.5, 0.6) is 5.75 Å². The average molecular weight is 250 g/mol. The van der Waals surface area contributed by atoms with Crippen LogP contribution in [0.15, 0.2) is 55.1 Å². The molecule has 0 radical (unpaired) electrons. The summed E-state index contributed by atoms with van der Waals surface area (Å²) >= 11 is 0. The summed E-state index contributed by atoms with van der Waals surface area (Å²) in [6.07, 6.45) is 0.200. The van der Waals surface area contributed by atoms with Gasteiger partial charge in [0.25, 0.3) is 0 Å². The number of rotatable bonds is 4. The van der Waals surface area contributed by atoms with Crippen molar-refractivity contribution < 1.29 is 4.74 Å². The Labute approximate surface area is 116 Å². The third-order valence-corrected chi connectivity index (χ3v) is 2.94. The molecule has 0 aliphatic carbocycles. The number of ether oxygens (including phenoxy) is 1. The van der Waals surface area contributed by atoms with E-state index in [2.05, 4.69) is 50.8 Å². The Morgan fingerprint density at radius 3 is 2.32 bits per heavy atom. The minimum atomic E-state index is 0.200. The molecule has 0 aromatic heterocycles. The average Bonchev–Trinajstić information content (AvgIpc) is 2.38. The van der Waals surface area contributed by atoms with Crippen molar-refractivity contribution in [2.75, 3.05) is 0 Å². The van der Waals surface area contributed by atoms with Gasteiger partial charge in [0, 0.05) is 0 Å². The van der Waals surface area contributed by atoms with Gasteiger partial charge in [0.1, 0.15) is 13.6 Å². The van der Waals surface area contributed by atoms with Crippen LogP contribution in [0.1, 0.15) is 25.0 Å². The van der Waals surface area contributed by atoms with E-state index in [1.807, 2.05) is 26.0 Å². The Bertz CT molecular complexity index is 570. The van der Waals surface area contributed by atoms with Crippen molar-refractivity contribution in [3.8, 4) is 5.75 Å². The van der Waals surface area contributed by atoms with E-state index >= 15 is 0 Å². The van der Waals surface area contributed by atoms with Gasteiger partial charge in [-0.15, -0.1) is 0 Å². The molecular weight excluding hydrogens is 231 g/mol. The predicted octanol–water partition coefficient (Wildman–Crippen LogP) is 2.79. The molecule has 0 bridgehead atoms. The number of hydrogen-bond donors (Lipinski definition) is 0. The van der Waals surface area contributed by atoms with Crippen LogP contribution in [0.25, 0.3) is 5.57 Å². The molecule has 96 valence electrons. The van der Waals surface area contributed by atoms with Gasteiger partial charge in [0.05, 0.1) is 6.10 Å². The molecule has 0 N–H and O–H groups in total. The SMILES string of the molecule is Bc1cccc(C(=C)c2ccc(OC(C)C)cc2)c1. The summed E-state index contributed by atoms with van der Waals surface area (Å²) in [6, 6.07) is 16.5. The van der Waals surface area contributed by atoms with E-state index in [1.165, 1.54) is 5.46 Å². The second-order valence-corrected chi connectivity index (χ2v) is 5.04. The monoisotopic (exact) mass is 250 g/mol. The van der Waals surface area contributed by atoms with Crippen LogP contribution in [0.2, 0.25) is 0 Å². The normalized spacial score (nSPS) is 10.5. The molecule has 0 aliphatic rings. The Kier molecular flexibility index (Phi) is 4.11. The van der Waals surface area contributed by atoms with Crippen LogP contribution in [-0.4, -0.2) is 14.0 Å². The molecule has 2 aromatic rings. The minimum Gasteiger partial charge on any atom is -0.491 e. The van der Waals surface area contributed by atoms with E-state index in [-0.39, 0.29) is 6.10 Å². The van der Waals surface area contributed by atoms with Crippen molar-refractivity contribution in [1.29, 1.82) is 0 Å². The lowest BCUT2D eigenvalue weighted by Crippen LogP contribution is -2.05. The highest BCUT2D eigenvalue weighted by atomic mass is 16.5. The first kappa shape index (κ1) is 13.5. The van der Waals surface area contributed by atoms with Gasteiger partial charge in [-0.05, 0) is 42.7 Å². The molecule has 0 saturated carbocycles. The van der Waals surface area contributed by atoms with Crippen LogP contribution >= 0.6 is 0 Å². The van der Waals surface area contributed by atoms with Crippen molar-refractivity contribution in [2.45, 2.75) is 20.0 Å². The second-order valence-electron chi connectivity index (χ2n) is 5.04. The predicted molar refractivity (Wildman–Crippen MR) is 85.0 cm³/mol. The molecule has 2 rings (SSSR count). The fourth-order valence-corrected chi connectivity index (χ4v) is 2.01. The Balaban J connectivity index is 2.20. The lowest BCUT2D eigenvalue weighted by molar-refractivity contribution is 0.242. The fraction of sp³-hybridized carbons (Fsp3) is 0.176. The lowest BCUT2D eigenvalue weighted by Gasteiger charge is -2.11. The molecule has 0 unspecified atom stereocenters. The van der Waals surface area contributed by atoms with Gasteiger partial charge >= 0.3 is 0 Å². The molecule has 0 amide bonds. The van der Waals surface area contributed by atoms with Gasteiger partial charge in [-0.25, -0.2) is 0 Å². The third-order valence-electron chi connectivity index (χ3n) is 2.94. The Hall–Kier alpha value is -1.96. The van der Waals surface area contributed by atoms with Gasteiger partial charge in [0.15, 0.2) is 0 Å². The highest BCUT2D eigenvalue weighted by Crippen LogP contribution is 2.23. The van der Waals surface area contributed by atoms with Gasteiger partial charge in [-0.2, -0.15) is 0 Å². The first-order chi connectivity index (χ1) is 9.06. The quantitative estimate of drug-likeness (QED) is 0.758. The van der Waals surface area contributed by atoms with Gasteiger partial charge < -0.3 is 4.74 Å². The van der Waals surface area contributed by atoms with E-state index in [1.54, 1.807) is 0 Å². The Morgan fingerprint density at radius 2 is 1.74 bits per heavy atom. The summed E-state index contributed by atoms with van der Waals surface area (Å²) in [5, 5.41) is 0.